The SMILES string of the molecule is OC1(Cc2cc(Cl)ccc2N2CCCCC2)CC1. The van der Waals surface area contributed by atoms with Gasteiger partial charge in [-0.1, -0.05) is 11.6 Å². The zero-order chi connectivity index (χ0) is 12.6. The molecule has 3 heteroatoms. The molecule has 2 aliphatic rings. The van der Waals surface area contributed by atoms with Crippen LogP contribution < -0.4 is 4.90 Å². The number of hydrogen-bond donors (Lipinski definition) is 1. The Balaban J connectivity index is 1.86. The van der Waals surface area contributed by atoms with E-state index >= 15 is 0 Å². The van der Waals surface area contributed by atoms with Gasteiger partial charge in [-0.15, -0.1) is 0 Å². The standard InChI is InChI=1S/C15H20ClNO/c16-13-4-5-14(17-8-2-1-3-9-17)12(10-13)11-15(18)6-7-15/h4-5,10,18H,1-3,6-9,11H2. The molecule has 1 heterocycles. The van der Waals surface area contributed by atoms with Gasteiger partial charge in [0.2, 0.25) is 0 Å². The van der Waals surface area contributed by atoms with Crippen LogP contribution >= 0.6 is 11.6 Å². The Kier molecular flexibility index (Phi) is 3.25. The number of rotatable bonds is 3. The number of aliphatic hydroxyl groups is 1. The molecule has 0 unspecified atom stereocenters. The maximum absolute atomic E-state index is 10.1. The van der Waals surface area contributed by atoms with E-state index in [4.69, 9.17) is 11.6 Å². The predicted octanol–water partition coefficient (Wildman–Crippen LogP) is 3.40. The molecule has 1 saturated heterocycles. The van der Waals surface area contributed by atoms with E-state index in [1.165, 1.54) is 30.5 Å². The van der Waals surface area contributed by atoms with Gasteiger partial charge >= 0.3 is 0 Å². The van der Waals surface area contributed by atoms with Crippen molar-refractivity contribution in [2.24, 2.45) is 0 Å². The fourth-order valence-corrected chi connectivity index (χ4v) is 3.01. The van der Waals surface area contributed by atoms with Crippen LogP contribution in [0.1, 0.15) is 37.7 Å². The first-order valence-corrected chi connectivity index (χ1v) is 7.30. The Labute approximate surface area is 114 Å². The maximum atomic E-state index is 10.1. The van der Waals surface area contributed by atoms with Gasteiger partial charge in [0.1, 0.15) is 0 Å². The number of hydrogen-bond acceptors (Lipinski definition) is 2. The van der Waals surface area contributed by atoms with E-state index in [0.29, 0.717) is 0 Å². The summed E-state index contributed by atoms with van der Waals surface area (Å²) in [5.41, 5.74) is 2.04. The van der Waals surface area contributed by atoms with Crippen LogP contribution in [0.4, 0.5) is 5.69 Å². The normalized spacial score (nSPS) is 22.0. The Morgan fingerprint density at radius 3 is 2.56 bits per heavy atom. The van der Waals surface area contributed by atoms with E-state index in [0.717, 1.165) is 37.4 Å². The molecule has 1 aliphatic heterocycles. The van der Waals surface area contributed by atoms with E-state index in [1.54, 1.807) is 0 Å². The molecular formula is C15H20ClNO. The Morgan fingerprint density at radius 2 is 1.89 bits per heavy atom. The molecule has 1 aromatic carbocycles. The maximum Gasteiger partial charge on any atom is 0.0690 e. The van der Waals surface area contributed by atoms with Crippen LogP contribution in [0.5, 0.6) is 0 Å². The third-order valence-electron chi connectivity index (χ3n) is 4.08. The van der Waals surface area contributed by atoms with Gasteiger partial charge in [-0.05, 0) is 55.9 Å². The summed E-state index contributed by atoms with van der Waals surface area (Å²) in [4.78, 5) is 2.45. The number of benzene rings is 1. The molecule has 0 aromatic heterocycles. The van der Waals surface area contributed by atoms with Crippen LogP contribution in [0.15, 0.2) is 18.2 Å². The lowest BCUT2D eigenvalue weighted by Crippen LogP contribution is -2.30. The van der Waals surface area contributed by atoms with E-state index in [2.05, 4.69) is 11.0 Å². The third-order valence-corrected chi connectivity index (χ3v) is 4.32. The number of nitrogens with zero attached hydrogens (tertiary/aromatic N) is 1. The molecule has 3 rings (SSSR count). The van der Waals surface area contributed by atoms with Gasteiger partial charge in [-0.25, -0.2) is 0 Å². The molecule has 1 aromatic rings. The van der Waals surface area contributed by atoms with Crippen molar-refractivity contribution in [1.82, 2.24) is 0 Å². The topological polar surface area (TPSA) is 23.5 Å². The lowest BCUT2D eigenvalue weighted by molar-refractivity contribution is 0.151. The Morgan fingerprint density at radius 1 is 1.17 bits per heavy atom. The fraction of sp³-hybridized carbons (Fsp3) is 0.600. The number of halogens is 1. The minimum atomic E-state index is -0.449. The largest absolute Gasteiger partial charge is 0.390 e. The van der Waals surface area contributed by atoms with Crippen LogP contribution in [0.2, 0.25) is 5.02 Å². The number of anilines is 1. The van der Waals surface area contributed by atoms with Crippen molar-refractivity contribution >= 4 is 17.3 Å². The highest BCUT2D eigenvalue weighted by molar-refractivity contribution is 6.30. The summed E-state index contributed by atoms with van der Waals surface area (Å²) in [6, 6.07) is 6.11. The fourth-order valence-electron chi connectivity index (χ4n) is 2.81. The molecule has 0 amide bonds. The minimum Gasteiger partial charge on any atom is -0.390 e. The summed E-state index contributed by atoms with van der Waals surface area (Å²) >= 11 is 6.10. The van der Waals surface area contributed by atoms with Gasteiger partial charge in [0.15, 0.2) is 0 Å². The van der Waals surface area contributed by atoms with Crippen molar-refractivity contribution in [3.63, 3.8) is 0 Å². The molecule has 0 radical (unpaired) electrons. The number of piperidine rings is 1. The van der Waals surface area contributed by atoms with Crippen LogP contribution in [0.25, 0.3) is 0 Å². The van der Waals surface area contributed by atoms with Crippen molar-refractivity contribution in [3.8, 4) is 0 Å². The first kappa shape index (κ1) is 12.3. The predicted molar refractivity (Wildman–Crippen MR) is 75.4 cm³/mol. The molecule has 1 saturated carbocycles. The first-order valence-electron chi connectivity index (χ1n) is 6.92. The van der Waals surface area contributed by atoms with Gasteiger partial charge in [-0.2, -0.15) is 0 Å². The summed E-state index contributed by atoms with van der Waals surface area (Å²) < 4.78 is 0. The van der Waals surface area contributed by atoms with Crippen molar-refractivity contribution in [3.05, 3.63) is 28.8 Å². The smallest absolute Gasteiger partial charge is 0.0690 e. The van der Waals surface area contributed by atoms with E-state index < -0.39 is 5.60 Å². The van der Waals surface area contributed by atoms with E-state index in [-0.39, 0.29) is 0 Å². The quantitative estimate of drug-likeness (QED) is 0.906. The van der Waals surface area contributed by atoms with Crippen LogP contribution in [-0.4, -0.2) is 23.8 Å². The molecule has 1 N–H and O–H groups in total. The second-order valence-corrected chi connectivity index (χ2v) is 6.16. The average molecular weight is 266 g/mol. The summed E-state index contributed by atoms with van der Waals surface area (Å²) in [7, 11) is 0. The van der Waals surface area contributed by atoms with Crippen LogP contribution in [0.3, 0.4) is 0 Å². The molecular weight excluding hydrogens is 246 g/mol. The van der Waals surface area contributed by atoms with Gasteiger partial charge in [0.05, 0.1) is 5.60 Å². The molecule has 0 spiro atoms. The van der Waals surface area contributed by atoms with Crippen molar-refractivity contribution in [2.45, 2.75) is 44.1 Å². The summed E-state index contributed by atoms with van der Waals surface area (Å²) in [6.45, 7) is 2.26. The second-order valence-electron chi connectivity index (χ2n) is 5.72. The van der Waals surface area contributed by atoms with Gasteiger partial charge in [0.25, 0.3) is 0 Å². The molecule has 2 nitrogen and oxygen atoms in total. The van der Waals surface area contributed by atoms with Crippen molar-refractivity contribution < 1.29 is 5.11 Å². The van der Waals surface area contributed by atoms with Gasteiger partial charge in [-0.3, -0.25) is 0 Å². The lowest BCUT2D eigenvalue weighted by Gasteiger charge is -2.31. The zero-order valence-corrected chi connectivity index (χ0v) is 11.4. The minimum absolute atomic E-state index is 0.449. The van der Waals surface area contributed by atoms with Gasteiger partial charge in [0, 0.05) is 30.2 Å². The monoisotopic (exact) mass is 265 g/mol. The van der Waals surface area contributed by atoms with Gasteiger partial charge < -0.3 is 10.0 Å². The van der Waals surface area contributed by atoms with Crippen LogP contribution in [0, 0.1) is 0 Å². The molecule has 0 atom stereocenters. The van der Waals surface area contributed by atoms with E-state index in [9.17, 15) is 5.11 Å². The summed E-state index contributed by atoms with van der Waals surface area (Å²) in [5, 5.41) is 10.9. The lowest BCUT2D eigenvalue weighted by atomic mass is 10.0. The molecule has 1 aliphatic carbocycles. The van der Waals surface area contributed by atoms with Crippen LogP contribution in [-0.2, 0) is 6.42 Å². The molecule has 0 bridgehead atoms. The summed E-state index contributed by atoms with van der Waals surface area (Å²) in [5.74, 6) is 0. The van der Waals surface area contributed by atoms with Crippen molar-refractivity contribution in [2.75, 3.05) is 18.0 Å². The highest BCUT2D eigenvalue weighted by atomic mass is 35.5. The molecule has 2 fully saturated rings. The molecule has 18 heavy (non-hydrogen) atoms. The van der Waals surface area contributed by atoms with E-state index in [1.807, 2.05) is 12.1 Å². The second kappa shape index (κ2) is 4.75. The highest BCUT2D eigenvalue weighted by Crippen LogP contribution is 2.41. The average Bonchev–Trinajstić information content (AvgIpc) is 3.08. The summed E-state index contributed by atoms with van der Waals surface area (Å²) in [6.07, 6.45) is 6.49. The zero-order valence-electron chi connectivity index (χ0n) is 10.7. The Hall–Kier alpha value is -0.730. The van der Waals surface area contributed by atoms with Crippen molar-refractivity contribution in [1.29, 1.82) is 0 Å². The Bertz CT molecular complexity index is 436. The molecule has 98 valence electrons. The first-order chi connectivity index (χ1) is 8.66. The highest BCUT2D eigenvalue weighted by Gasteiger charge is 2.40. The third kappa shape index (κ3) is 2.65.